The quantitative estimate of drug-likeness (QED) is 0.755. The fourth-order valence-electron chi connectivity index (χ4n) is 2.69. The van der Waals surface area contributed by atoms with Crippen LogP contribution in [0.3, 0.4) is 0 Å². The second kappa shape index (κ2) is 12.8. The lowest BCUT2D eigenvalue weighted by molar-refractivity contribution is -0.133. The molecule has 3 N–H and O–H groups in total. The molecule has 1 saturated heterocycles. The molecule has 0 unspecified atom stereocenters. The maximum atomic E-state index is 12.6. The average Bonchev–Trinajstić information content (AvgIpc) is 3.58. The summed E-state index contributed by atoms with van der Waals surface area (Å²) in [6, 6.07) is 12.0. The third-order valence-electron chi connectivity index (χ3n) is 4.92. The Kier molecular flexibility index (Phi) is 10.1. The zero-order valence-corrected chi connectivity index (χ0v) is 17.9. The molecule has 1 aliphatic carbocycles. The lowest BCUT2D eigenvalue weighted by Crippen LogP contribution is -2.47. The predicted octanol–water partition coefficient (Wildman–Crippen LogP) is 3.85. The van der Waals surface area contributed by atoms with Gasteiger partial charge in [0, 0.05) is 18.7 Å². The van der Waals surface area contributed by atoms with E-state index < -0.39 is 5.82 Å². The van der Waals surface area contributed by atoms with Gasteiger partial charge >= 0.3 is 0 Å². The number of nitrogens with zero attached hydrogens (tertiary/aromatic N) is 1. The van der Waals surface area contributed by atoms with Crippen LogP contribution in [0.4, 0.5) is 8.78 Å². The molecule has 2 fully saturated rings. The molecular formula is C24H31F2N3O2. The molecule has 2 aliphatic rings. The predicted molar refractivity (Wildman–Crippen MR) is 118 cm³/mol. The van der Waals surface area contributed by atoms with E-state index in [2.05, 4.69) is 12.2 Å². The zero-order valence-electron chi connectivity index (χ0n) is 17.9. The van der Waals surface area contributed by atoms with Gasteiger partial charge in [0.25, 0.3) is 5.91 Å². The number of nitrogens with two attached hydrogens (primary N) is 1. The van der Waals surface area contributed by atoms with Crippen molar-refractivity contribution in [2.75, 3.05) is 26.2 Å². The van der Waals surface area contributed by atoms with Crippen molar-refractivity contribution >= 4 is 11.8 Å². The molecule has 0 radical (unpaired) electrons. The number of rotatable bonds is 5. The first-order valence-electron chi connectivity index (χ1n) is 10.7. The Balaban J connectivity index is 0.000000205. The summed E-state index contributed by atoms with van der Waals surface area (Å²) in [5, 5.41) is 2.51. The molecular weight excluding hydrogens is 400 g/mol. The molecule has 31 heavy (non-hydrogen) atoms. The number of carbonyl (C=O) groups excluding carboxylic acids is 2. The van der Waals surface area contributed by atoms with Gasteiger partial charge in [0.15, 0.2) is 0 Å². The van der Waals surface area contributed by atoms with E-state index in [0.717, 1.165) is 38.4 Å². The second-order valence-corrected chi connectivity index (χ2v) is 7.54. The highest BCUT2D eigenvalue weighted by atomic mass is 19.1. The highest BCUT2D eigenvalue weighted by Gasteiger charge is 2.23. The van der Waals surface area contributed by atoms with Crippen molar-refractivity contribution in [1.82, 2.24) is 10.2 Å². The summed E-state index contributed by atoms with van der Waals surface area (Å²) >= 11 is 0. The third kappa shape index (κ3) is 8.84. The minimum Gasteiger partial charge on any atom is -0.343 e. The molecule has 2 aromatic rings. The molecule has 168 valence electrons. The van der Waals surface area contributed by atoms with Crippen LogP contribution >= 0.6 is 0 Å². The van der Waals surface area contributed by atoms with E-state index in [9.17, 15) is 18.4 Å². The van der Waals surface area contributed by atoms with E-state index in [1.54, 1.807) is 4.90 Å². The molecule has 0 atom stereocenters. The second-order valence-electron chi connectivity index (χ2n) is 7.54. The number of hydrogen-bond acceptors (Lipinski definition) is 3. The molecule has 5 nitrogen and oxygen atoms in total. The molecule has 0 aromatic heterocycles. The van der Waals surface area contributed by atoms with Crippen LogP contribution < -0.4 is 11.1 Å². The minimum absolute atomic E-state index is 0.00376. The monoisotopic (exact) mass is 431 g/mol. The van der Waals surface area contributed by atoms with Crippen molar-refractivity contribution in [2.45, 2.75) is 38.5 Å². The largest absolute Gasteiger partial charge is 0.343 e. The number of amides is 2. The Labute approximate surface area is 182 Å². The normalized spacial score (nSPS) is 14.3. The summed E-state index contributed by atoms with van der Waals surface area (Å²) < 4.78 is 25.0. The Hall–Kier alpha value is -2.80. The maximum absolute atomic E-state index is 12.6. The molecule has 0 spiro atoms. The van der Waals surface area contributed by atoms with E-state index in [-0.39, 0.29) is 24.2 Å². The summed E-state index contributed by atoms with van der Waals surface area (Å²) in [5.74, 6) is -0.228. The van der Waals surface area contributed by atoms with Crippen molar-refractivity contribution in [3.05, 3.63) is 71.3 Å². The van der Waals surface area contributed by atoms with Gasteiger partial charge in [0.1, 0.15) is 11.6 Å². The van der Waals surface area contributed by atoms with Gasteiger partial charge in [-0.3, -0.25) is 9.59 Å². The molecule has 1 saturated carbocycles. The molecule has 2 amide bonds. The van der Waals surface area contributed by atoms with Gasteiger partial charge in [0.2, 0.25) is 5.91 Å². The van der Waals surface area contributed by atoms with Crippen molar-refractivity contribution in [1.29, 1.82) is 0 Å². The number of likely N-dealkylation sites (tertiary alicyclic amines) is 1. The van der Waals surface area contributed by atoms with E-state index in [0.29, 0.717) is 5.56 Å². The topological polar surface area (TPSA) is 75.4 Å². The van der Waals surface area contributed by atoms with Crippen molar-refractivity contribution in [3.63, 3.8) is 0 Å². The lowest BCUT2D eigenvalue weighted by atomic mass is 10.1. The summed E-state index contributed by atoms with van der Waals surface area (Å²) in [7, 11) is 0. The zero-order chi connectivity index (χ0) is 22.6. The van der Waals surface area contributed by atoms with Gasteiger partial charge in [-0.2, -0.15) is 0 Å². The van der Waals surface area contributed by atoms with E-state index >= 15 is 0 Å². The summed E-state index contributed by atoms with van der Waals surface area (Å²) in [6.45, 7) is 4.41. The number of halogens is 2. The molecule has 7 heteroatoms. The first kappa shape index (κ1) is 24.5. The molecule has 2 aromatic carbocycles. The minimum atomic E-state index is -0.391. The highest BCUT2D eigenvalue weighted by molar-refractivity contribution is 5.96. The van der Waals surface area contributed by atoms with Crippen molar-refractivity contribution < 1.29 is 18.4 Å². The molecule has 1 aliphatic heterocycles. The number of carbonyl (C=O) groups is 2. The number of benzene rings is 2. The lowest BCUT2D eigenvalue weighted by Gasteiger charge is -2.30. The Morgan fingerprint density at radius 2 is 1.52 bits per heavy atom. The van der Waals surface area contributed by atoms with Crippen LogP contribution in [0.25, 0.3) is 0 Å². The van der Waals surface area contributed by atoms with Crippen LogP contribution in [0.2, 0.25) is 0 Å². The van der Waals surface area contributed by atoms with Crippen LogP contribution in [0.1, 0.15) is 54.4 Å². The first-order valence-corrected chi connectivity index (χ1v) is 10.7. The highest BCUT2D eigenvalue weighted by Crippen LogP contribution is 2.39. The van der Waals surface area contributed by atoms with Crippen LogP contribution in [0, 0.1) is 11.6 Å². The summed E-state index contributed by atoms with van der Waals surface area (Å²) in [5.41, 5.74) is 6.67. The number of nitrogens with one attached hydrogen (secondary N) is 1. The maximum Gasteiger partial charge on any atom is 0.251 e. The van der Waals surface area contributed by atoms with E-state index in [1.165, 1.54) is 54.8 Å². The molecule has 0 bridgehead atoms. The Morgan fingerprint density at radius 3 is 1.94 bits per heavy atom. The van der Waals surface area contributed by atoms with Crippen molar-refractivity contribution in [3.8, 4) is 0 Å². The van der Waals surface area contributed by atoms with Crippen LogP contribution in [0.15, 0.2) is 48.5 Å². The Morgan fingerprint density at radius 1 is 1.00 bits per heavy atom. The van der Waals surface area contributed by atoms with Crippen molar-refractivity contribution in [2.24, 2.45) is 5.73 Å². The fourth-order valence-corrected chi connectivity index (χ4v) is 2.69. The smallest absolute Gasteiger partial charge is 0.251 e. The molecule has 1 heterocycles. The van der Waals surface area contributed by atoms with Crippen LogP contribution in [-0.4, -0.2) is 42.9 Å². The van der Waals surface area contributed by atoms with E-state index in [4.69, 9.17) is 5.73 Å². The Bertz CT molecular complexity index is 816. The van der Waals surface area contributed by atoms with Gasteiger partial charge in [-0.1, -0.05) is 19.1 Å². The number of hydrogen-bond donors (Lipinski definition) is 2. The van der Waals surface area contributed by atoms with E-state index in [1.807, 2.05) is 12.1 Å². The SMILES string of the molecule is CCCN.Fc1ccc(C2CC2)cc1.O=C(NCC(=O)N1CCC1)c1ccc(F)cc1. The van der Waals surface area contributed by atoms with Gasteiger partial charge in [-0.25, -0.2) is 8.78 Å². The van der Waals surface area contributed by atoms with Gasteiger partial charge in [-0.05, 0) is 80.1 Å². The van der Waals surface area contributed by atoms with Gasteiger partial charge in [-0.15, -0.1) is 0 Å². The average molecular weight is 432 g/mol. The summed E-state index contributed by atoms with van der Waals surface area (Å²) in [4.78, 5) is 24.7. The molecule has 4 rings (SSSR count). The van der Waals surface area contributed by atoms with Crippen LogP contribution in [-0.2, 0) is 4.79 Å². The summed E-state index contributed by atoms with van der Waals surface area (Å²) in [6.07, 6.45) is 4.69. The standard InChI is InChI=1S/C12H13FN2O2.C9H9F.C3H9N/c13-10-4-2-9(3-5-10)12(17)14-8-11(16)15-6-1-7-15;10-9-5-3-8(4-6-9)7-1-2-7;1-2-3-4/h2-5H,1,6-8H2,(H,14,17);3-7H,1-2H2;2-4H2,1H3. The fraction of sp³-hybridized carbons (Fsp3) is 0.417. The van der Waals surface area contributed by atoms with Crippen LogP contribution in [0.5, 0.6) is 0 Å². The van der Waals surface area contributed by atoms with Gasteiger partial charge in [0.05, 0.1) is 6.54 Å². The van der Waals surface area contributed by atoms with Gasteiger partial charge < -0.3 is 16.0 Å². The third-order valence-corrected chi connectivity index (χ3v) is 4.92. The first-order chi connectivity index (χ1) is 14.9.